The van der Waals surface area contributed by atoms with E-state index in [4.69, 9.17) is 0 Å². The van der Waals surface area contributed by atoms with E-state index in [9.17, 15) is 4.79 Å². The van der Waals surface area contributed by atoms with Gasteiger partial charge in [0.25, 0.3) is 5.91 Å². The summed E-state index contributed by atoms with van der Waals surface area (Å²) in [6, 6.07) is 7.59. The van der Waals surface area contributed by atoms with E-state index in [1.807, 2.05) is 48.6 Å². The molecule has 94 valence electrons. The third-order valence-electron chi connectivity index (χ3n) is 2.47. The number of amides is 1. The Hall–Kier alpha value is -1.88. The first-order chi connectivity index (χ1) is 8.66. The molecular formula is C13H15N3OS. The van der Waals surface area contributed by atoms with Gasteiger partial charge in [-0.2, -0.15) is 0 Å². The number of hydrogen-bond acceptors (Lipinski definition) is 4. The van der Waals surface area contributed by atoms with Crippen molar-refractivity contribution in [2.75, 3.05) is 19.0 Å². The van der Waals surface area contributed by atoms with Crippen LogP contribution in [0.4, 0.5) is 5.82 Å². The average Bonchev–Trinajstić information content (AvgIpc) is 2.90. The lowest BCUT2D eigenvalue weighted by Gasteiger charge is -2.11. The highest BCUT2D eigenvalue weighted by atomic mass is 32.1. The summed E-state index contributed by atoms with van der Waals surface area (Å²) in [7, 11) is 3.89. The Bertz CT molecular complexity index is 506. The first kappa shape index (κ1) is 12.6. The number of carbonyl (C=O) groups is 1. The van der Waals surface area contributed by atoms with Crippen molar-refractivity contribution in [1.29, 1.82) is 0 Å². The first-order valence-corrected chi connectivity index (χ1v) is 6.49. The average molecular weight is 261 g/mol. The quantitative estimate of drug-likeness (QED) is 0.917. The molecule has 0 aliphatic heterocycles. The maximum atomic E-state index is 11.7. The molecule has 2 aromatic heterocycles. The van der Waals surface area contributed by atoms with E-state index in [-0.39, 0.29) is 5.91 Å². The van der Waals surface area contributed by atoms with E-state index in [2.05, 4.69) is 10.3 Å². The monoisotopic (exact) mass is 261 g/mol. The maximum absolute atomic E-state index is 11.7. The first-order valence-electron chi connectivity index (χ1n) is 5.61. The zero-order valence-electron chi connectivity index (χ0n) is 10.4. The Morgan fingerprint density at radius 3 is 2.78 bits per heavy atom. The summed E-state index contributed by atoms with van der Waals surface area (Å²) in [5.41, 5.74) is 0.991. The summed E-state index contributed by atoms with van der Waals surface area (Å²) in [4.78, 5) is 18.7. The number of pyridine rings is 1. The van der Waals surface area contributed by atoms with Crippen LogP contribution in [0.5, 0.6) is 0 Å². The molecule has 0 aliphatic carbocycles. The standard InChI is InChI=1S/C13H15N3OS/c1-16(2)12-6-5-10(8-14-12)9-15-13(17)11-4-3-7-18-11/h3-8H,9H2,1-2H3,(H,15,17). The molecule has 2 rings (SSSR count). The molecule has 0 radical (unpaired) electrons. The third-order valence-corrected chi connectivity index (χ3v) is 3.33. The van der Waals surface area contributed by atoms with Crippen LogP contribution < -0.4 is 10.2 Å². The molecule has 0 saturated carbocycles. The smallest absolute Gasteiger partial charge is 0.261 e. The van der Waals surface area contributed by atoms with Crippen LogP contribution in [0.1, 0.15) is 15.2 Å². The molecule has 0 aromatic carbocycles. The van der Waals surface area contributed by atoms with Gasteiger partial charge in [-0.05, 0) is 23.1 Å². The van der Waals surface area contributed by atoms with Crippen LogP contribution in [0.15, 0.2) is 35.8 Å². The fourth-order valence-corrected chi connectivity index (χ4v) is 2.10. The second-order valence-corrected chi connectivity index (χ2v) is 5.03. The number of thiophene rings is 1. The second-order valence-electron chi connectivity index (χ2n) is 4.08. The summed E-state index contributed by atoms with van der Waals surface area (Å²) in [6.45, 7) is 0.497. The lowest BCUT2D eigenvalue weighted by molar-refractivity contribution is 0.0955. The van der Waals surface area contributed by atoms with E-state index in [0.717, 1.165) is 16.3 Å². The second kappa shape index (κ2) is 5.64. The lowest BCUT2D eigenvalue weighted by atomic mass is 10.2. The Morgan fingerprint density at radius 1 is 1.39 bits per heavy atom. The van der Waals surface area contributed by atoms with Crippen molar-refractivity contribution in [3.8, 4) is 0 Å². The molecule has 4 nitrogen and oxygen atoms in total. The third kappa shape index (κ3) is 3.07. The van der Waals surface area contributed by atoms with E-state index in [1.54, 1.807) is 6.20 Å². The molecule has 0 saturated heterocycles. The fourth-order valence-electron chi connectivity index (χ4n) is 1.46. The van der Waals surface area contributed by atoms with Crippen LogP contribution in [0, 0.1) is 0 Å². The van der Waals surface area contributed by atoms with Crippen LogP contribution in [0.3, 0.4) is 0 Å². The summed E-state index contributed by atoms with van der Waals surface area (Å²) in [6.07, 6.45) is 1.78. The summed E-state index contributed by atoms with van der Waals surface area (Å²) in [5, 5.41) is 4.76. The van der Waals surface area contributed by atoms with Crippen LogP contribution in [-0.2, 0) is 6.54 Å². The van der Waals surface area contributed by atoms with Crippen molar-refractivity contribution in [3.63, 3.8) is 0 Å². The summed E-state index contributed by atoms with van der Waals surface area (Å²) in [5.74, 6) is 0.866. The number of anilines is 1. The molecule has 0 atom stereocenters. The molecule has 0 aliphatic rings. The van der Waals surface area contributed by atoms with Gasteiger partial charge in [0.1, 0.15) is 5.82 Å². The molecule has 2 aromatic rings. The molecule has 0 fully saturated rings. The van der Waals surface area contributed by atoms with Crippen molar-refractivity contribution in [1.82, 2.24) is 10.3 Å². The van der Waals surface area contributed by atoms with E-state index in [0.29, 0.717) is 6.54 Å². The van der Waals surface area contributed by atoms with Crippen LogP contribution in [0.2, 0.25) is 0 Å². The van der Waals surface area contributed by atoms with Gasteiger partial charge in [-0.25, -0.2) is 4.98 Å². The van der Waals surface area contributed by atoms with Crippen LogP contribution in [-0.4, -0.2) is 25.0 Å². The number of aromatic nitrogens is 1. The van der Waals surface area contributed by atoms with Gasteiger partial charge in [0, 0.05) is 26.8 Å². The minimum atomic E-state index is -0.0401. The minimum absolute atomic E-state index is 0.0401. The molecule has 0 unspecified atom stereocenters. The maximum Gasteiger partial charge on any atom is 0.261 e. The van der Waals surface area contributed by atoms with Gasteiger partial charge in [-0.15, -0.1) is 11.3 Å². The number of rotatable bonds is 4. The Labute approximate surface area is 110 Å². The predicted octanol–water partition coefficient (Wildman–Crippen LogP) is 2.14. The van der Waals surface area contributed by atoms with Crippen molar-refractivity contribution in [2.24, 2.45) is 0 Å². The highest BCUT2D eigenvalue weighted by Crippen LogP contribution is 2.10. The van der Waals surface area contributed by atoms with E-state index < -0.39 is 0 Å². The number of nitrogens with one attached hydrogen (secondary N) is 1. The molecule has 1 N–H and O–H groups in total. The minimum Gasteiger partial charge on any atom is -0.363 e. The SMILES string of the molecule is CN(C)c1ccc(CNC(=O)c2cccs2)cn1. The molecule has 0 spiro atoms. The largest absolute Gasteiger partial charge is 0.363 e. The normalized spacial score (nSPS) is 10.1. The topological polar surface area (TPSA) is 45.2 Å². The van der Waals surface area contributed by atoms with Crippen LogP contribution in [0.25, 0.3) is 0 Å². The Balaban J connectivity index is 1.92. The van der Waals surface area contributed by atoms with Crippen molar-refractivity contribution >= 4 is 23.1 Å². The van der Waals surface area contributed by atoms with Gasteiger partial charge < -0.3 is 10.2 Å². The molecule has 1 amide bonds. The molecule has 5 heteroatoms. The van der Waals surface area contributed by atoms with E-state index >= 15 is 0 Å². The van der Waals surface area contributed by atoms with Crippen molar-refractivity contribution in [2.45, 2.75) is 6.54 Å². The predicted molar refractivity (Wildman–Crippen MR) is 74.1 cm³/mol. The van der Waals surface area contributed by atoms with Crippen molar-refractivity contribution in [3.05, 3.63) is 46.3 Å². The van der Waals surface area contributed by atoms with Gasteiger partial charge in [0.05, 0.1) is 4.88 Å². The van der Waals surface area contributed by atoms with Gasteiger partial charge in [0.15, 0.2) is 0 Å². The van der Waals surface area contributed by atoms with E-state index in [1.165, 1.54) is 11.3 Å². The number of nitrogens with zero attached hydrogens (tertiary/aromatic N) is 2. The highest BCUT2D eigenvalue weighted by molar-refractivity contribution is 7.12. The summed E-state index contributed by atoms with van der Waals surface area (Å²) >= 11 is 1.44. The van der Waals surface area contributed by atoms with Gasteiger partial charge >= 0.3 is 0 Å². The van der Waals surface area contributed by atoms with Gasteiger partial charge in [-0.1, -0.05) is 12.1 Å². The van der Waals surface area contributed by atoms with Gasteiger partial charge in [0.2, 0.25) is 0 Å². The Morgan fingerprint density at radius 2 is 2.22 bits per heavy atom. The van der Waals surface area contributed by atoms with Crippen LogP contribution >= 0.6 is 11.3 Å². The number of carbonyl (C=O) groups excluding carboxylic acids is 1. The zero-order chi connectivity index (χ0) is 13.0. The number of hydrogen-bond donors (Lipinski definition) is 1. The fraction of sp³-hybridized carbons (Fsp3) is 0.231. The molecule has 18 heavy (non-hydrogen) atoms. The summed E-state index contributed by atoms with van der Waals surface area (Å²) < 4.78 is 0. The zero-order valence-corrected chi connectivity index (χ0v) is 11.2. The lowest BCUT2D eigenvalue weighted by Crippen LogP contribution is -2.22. The Kier molecular flexibility index (Phi) is 3.94. The molecule has 0 bridgehead atoms. The highest BCUT2D eigenvalue weighted by Gasteiger charge is 2.05. The van der Waals surface area contributed by atoms with Crippen molar-refractivity contribution < 1.29 is 4.79 Å². The molecular weight excluding hydrogens is 246 g/mol. The molecule has 2 heterocycles. The van der Waals surface area contributed by atoms with Gasteiger partial charge in [-0.3, -0.25) is 4.79 Å².